The predicted molar refractivity (Wildman–Crippen MR) is 62.3 cm³/mol. The Bertz CT molecular complexity index is 230. The van der Waals surface area contributed by atoms with Crippen molar-refractivity contribution in [1.29, 1.82) is 5.26 Å². The second-order valence-electron chi connectivity index (χ2n) is 5.01. The number of nitrogens with zero attached hydrogens (tertiary/aromatic N) is 2. The van der Waals surface area contributed by atoms with Crippen LogP contribution in [0.1, 0.15) is 46.0 Å². The Balaban J connectivity index is 2.22. The van der Waals surface area contributed by atoms with Crippen molar-refractivity contribution in [1.82, 2.24) is 4.90 Å². The first-order valence-electron chi connectivity index (χ1n) is 5.99. The Kier molecular flexibility index (Phi) is 4.56. The smallest absolute Gasteiger partial charge is 0.101 e. The largest absolute Gasteiger partial charge is 0.314 e. The normalized spacial score (nSPS) is 26.9. The summed E-state index contributed by atoms with van der Waals surface area (Å²) in [6, 6.07) is 2.86. The van der Waals surface area contributed by atoms with Crippen molar-refractivity contribution in [3.63, 3.8) is 0 Å². The second kappa shape index (κ2) is 5.48. The zero-order valence-corrected chi connectivity index (χ0v) is 10.00. The van der Waals surface area contributed by atoms with Crippen molar-refractivity contribution in [3.05, 3.63) is 0 Å². The van der Waals surface area contributed by atoms with Crippen molar-refractivity contribution in [3.8, 4) is 6.07 Å². The molecule has 0 aliphatic carbocycles. The van der Waals surface area contributed by atoms with Gasteiger partial charge in [-0.3, -0.25) is 0 Å². The van der Waals surface area contributed by atoms with Crippen molar-refractivity contribution in [2.24, 2.45) is 5.73 Å². The Hall–Kier alpha value is -0.590. The molecule has 1 aliphatic rings. The summed E-state index contributed by atoms with van der Waals surface area (Å²) in [4.78, 5) is 2.52. The van der Waals surface area contributed by atoms with E-state index in [1.165, 1.54) is 25.8 Å². The van der Waals surface area contributed by atoms with Gasteiger partial charge in [-0.25, -0.2) is 0 Å². The van der Waals surface area contributed by atoms with Gasteiger partial charge in [-0.15, -0.1) is 0 Å². The summed E-state index contributed by atoms with van der Waals surface area (Å²) in [6.07, 6.45) is 5.84. The van der Waals surface area contributed by atoms with E-state index in [0.29, 0.717) is 6.04 Å². The molecule has 0 saturated carbocycles. The molecule has 0 amide bonds. The van der Waals surface area contributed by atoms with Crippen molar-refractivity contribution >= 4 is 0 Å². The number of nitriles is 1. The van der Waals surface area contributed by atoms with E-state index in [1.54, 1.807) is 0 Å². The number of hydrogen-bond acceptors (Lipinski definition) is 3. The van der Waals surface area contributed by atoms with Crippen LogP contribution in [0.4, 0.5) is 0 Å². The number of likely N-dealkylation sites (tertiary alicyclic amines) is 1. The van der Waals surface area contributed by atoms with Crippen LogP contribution in [0.3, 0.4) is 0 Å². The lowest BCUT2D eigenvalue weighted by Crippen LogP contribution is -2.40. The monoisotopic (exact) mass is 209 g/mol. The molecule has 0 spiro atoms. The topological polar surface area (TPSA) is 53.0 Å². The molecule has 3 nitrogen and oxygen atoms in total. The number of nitrogens with two attached hydrogens (primary N) is 1. The van der Waals surface area contributed by atoms with Crippen LogP contribution < -0.4 is 5.73 Å². The molecule has 1 aliphatic heterocycles. The van der Waals surface area contributed by atoms with Gasteiger partial charge >= 0.3 is 0 Å². The lowest BCUT2D eigenvalue weighted by molar-refractivity contribution is 0.156. The summed E-state index contributed by atoms with van der Waals surface area (Å²) in [5.41, 5.74) is 5.15. The molecule has 2 unspecified atom stereocenters. The summed E-state index contributed by atoms with van der Waals surface area (Å²) >= 11 is 0. The third-order valence-electron chi connectivity index (χ3n) is 3.34. The molecule has 86 valence electrons. The van der Waals surface area contributed by atoms with Crippen LogP contribution in [0.15, 0.2) is 0 Å². The fourth-order valence-corrected chi connectivity index (χ4v) is 2.20. The van der Waals surface area contributed by atoms with Crippen LogP contribution in [0.2, 0.25) is 0 Å². The van der Waals surface area contributed by atoms with Crippen LogP contribution >= 0.6 is 0 Å². The van der Waals surface area contributed by atoms with Crippen molar-refractivity contribution in [2.75, 3.05) is 13.1 Å². The van der Waals surface area contributed by atoms with Gasteiger partial charge in [-0.05, 0) is 52.6 Å². The molecule has 2 atom stereocenters. The first kappa shape index (κ1) is 12.5. The maximum atomic E-state index is 8.79. The highest BCUT2D eigenvalue weighted by Gasteiger charge is 2.20. The van der Waals surface area contributed by atoms with E-state index in [0.717, 1.165) is 19.4 Å². The van der Waals surface area contributed by atoms with Crippen LogP contribution in [0.25, 0.3) is 0 Å². The van der Waals surface area contributed by atoms with E-state index in [2.05, 4.69) is 17.9 Å². The number of piperidine rings is 1. The summed E-state index contributed by atoms with van der Waals surface area (Å²) in [5, 5.41) is 8.79. The molecule has 0 aromatic rings. The first-order valence-corrected chi connectivity index (χ1v) is 5.99. The van der Waals surface area contributed by atoms with Gasteiger partial charge in [-0.2, -0.15) is 5.26 Å². The molecule has 2 N–H and O–H groups in total. The van der Waals surface area contributed by atoms with E-state index in [-0.39, 0.29) is 0 Å². The van der Waals surface area contributed by atoms with Crippen LogP contribution in [-0.2, 0) is 0 Å². The minimum Gasteiger partial charge on any atom is -0.314 e. The van der Waals surface area contributed by atoms with E-state index in [1.807, 2.05) is 6.92 Å². The fraction of sp³-hybridized carbons (Fsp3) is 0.917. The summed E-state index contributed by atoms with van der Waals surface area (Å²) in [6.45, 7) is 6.42. The maximum absolute atomic E-state index is 8.79. The highest BCUT2D eigenvalue weighted by atomic mass is 15.2. The molecule has 0 aromatic heterocycles. The molecule has 3 heteroatoms. The van der Waals surface area contributed by atoms with E-state index in [4.69, 9.17) is 11.0 Å². The highest BCUT2D eigenvalue weighted by molar-refractivity contribution is 5.00. The maximum Gasteiger partial charge on any atom is 0.101 e. The van der Waals surface area contributed by atoms with Gasteiger partial charge in [0.25, 0.3) is 0 Å². The third-order valence-corrected chi connectivity index (χ3v) is 3.34. The summed E-state index contributed by atoms with van der Waals surface area (Å²) < 4.78 is 0. The minimum atomic E-state index is -0.640. The Morgan fingerprint density at radius 3 is 2.87 bits per heavy atom. The molecule has 1 saturated heterocycles. The van der Waals surface area contributed by atoms with Gasteiger partial charge in [0.2, 0.25) is 0 Å². The Morgan fingerprint density at radius 1 is 1.53 bits per heavy atom. The lowest BCUT2D eigenvalue weighted by atomic mass is 9.98. The lowest BCUT2D eigenvalue weighted by Gasteiger charge is -2.33. The zero-order valence-electron chi connectivity index (χ0n) is 10.00. The van der Waals surface area contributed by atoms with Crippen LogP contribution in [-0.4, -0.2) is 29.6 Å². The first-order chi connectivity index (χ1) is 7.05. The zero-order chi connectivity index (χ0) is 11.3. The molecule has 1 fully saturated rings. The summed E-state index contributed by atoms with van der Waals surface area (Å²) in [7, 11) is 0. The Labute approximate surface area is 93.2 Å². The SMILES string of the molecule is CC1CCCCN1CCCC(C)(N)C#N. The van der Waals surface area contributed by atoms with Crippen molar-refractivity contribution < 1.29 is 0 Å². The average Bonchev–Trinajstić information content (AvgIpc) is 2.21. The quantitative estimate of drug-likeness (QED) is 0.769. The average molecular weight is 209 g/mol. The van der Waals surface area contributed by atoms with E-state index >= 15 is 0 Å². The molecule has 1 heterocycles. The Morgan fingerprint density at radius 2 is 2.27 bits per heavy atom. The fourth-order valence-electron chi connectivity index (χ4n) is 2.20. The van der Waals surface area contributed by atoms with Crippen molar-refractivity contribution in [2.45, 2.75) is 57.5 Å². The van der Waals surface area contributed by atoms with Crippen LogP contribution in [0.5, 0.6) is 0 Å². The van der Waals surface area contributed by atoms with Gasteiger partial charge in [0.1, 0.15) is 5.54 Å². The predicted octanol–water partition coefficient (Wildman–Crippen LogP) is 1.88. The van der Waals surface area contributed by atoms with Crippen LogP contribution in [0, 0.1) is 11.3 Å². The summed E-state index contributed by atoms with van der Waals surface area (Å²) in [5.74, 6) is 0. The molecule has 0 aromatic carbocycles. The van der Waals surface area contributed by atoms with Gasteiger partial charge in [-0.1, -0.05) is 6.42 Å². The standard InChI is InChI=1S/C12H23N3/c1-11-6-3-4-8-15(11)9-5-7-12(2,14)10-13/h11H,3-9,14H2,1-2H3. The molecule has 15 heavy (non-hydrogen) atoms. The van der Waals surface area contributed by atoms with Gasteiger partial charge in [0, 0.05) is 6.04 Å². The minimum absolute atomic E-state index is 0.640. The molecule has 0 radical (unpaired) electrons. The molecule has 0 bridgehead atoms. The molecular formula is C12H23N3. The van der Waals surface area contributed by atoms with Gasteiger partial charge < -0.3 is 10.6 Å². The molecule has 1 rings (SSSR count). The van der Waals surface area contributed by atoms with Gasteiger partial charge in [0.05, 0.1) is 6.07 Å². The number of hydrogen-bond donors (Lipinski definition) is 1. The highest BCUT2D eigenvalue weighted by Crippen LogP contribution is 2.17. The number of rotatable bonds is 4. The third kappa shape index (κ3) is 4.19. The molecular weight excluding hydrogens is 186 g/mol. The second-order valence-corrected chi connectivity index (χ2v) is 5.01. The van der Waals surface area contributed by atoms with E-state index < -0.39 is 5.54 Å². The van der Waals surface area contributed by atoms with E-state index in [9.17, 15) is 0 Å². The van der Waals surface area contributed by atoms with Gasteiger partial charge in [0.15, 0.2) is 0 Å².